The van der Waals surface area contributed by atoms with Crippen molar-refractivity contribution in [2.75, 3.05) is 0 Å². The standard InChI is InChI=1S/C18H22O7S/c1-10-15(23-11(2)19)16(24-12(3)20)17(25-13(4)21)18(22-10)26-14-8-6-5-7-9-14/h5-10,15-18H,1-4H3/t10?,15-,16-,17?,18+/m0/s1. The number of rotatable bonds is 5. The zero-order valence-electron chi connectivity index (χ0n) is 15.0. The minimum Gasteiger partial charge on any atom is -0.456 e. The van der Waals surface area contributed by atoms with E-state index < -0.39 is 47.8 Å². The molecule has 0 aromatic heterocycles. The fourth-order valence-electron chi connectivity index (χ4n) is 2.70. The summed E-state index contributed by atoms with van der Waals surface area (Å²) in [7, 11) is 0. The van der Waals surface area contributed by atoms with E-state index in [1.54, 1.807) is 6.92 Å². The Balaban J connectivity index is 2.33. The molecule has 5 atom stereocenters. The highest BCUT2D eigenvalue weighted by Gasteiger charge is 2.50. The van der Waals surface area contributed by atoms with Crippen LogP contribution < -0.4 is 0 Å². The van der Waals surface area contributed by atoms with Gasteiger partial charge in [0, 0.05) is 25.7 Å². The van der Waals surface area contributed by atoms with Crippen LogP contribution in [0.25, 0.3) is 0 Å². The number of hydrogen-bond acceptors (Lipinski definition) is 8. The average Bonchev–Trinajstić information content (AvgIpc) is 2.54. The van der Waals surface area contributed by atoms with Gasteiger partial charge in [0.1, 0.15) is 5.44 Å². The van der Waals surface area contributed by atoms with Crippen molar-refractivity contribution >= 4 is 29.7 Å². The van der Waals surface area contributed by atoms with E-state index in [2.05, 4.69) is 0 Å². The lowest BCUT2D eigenvalue weighted by Gasteiger charge is -2.43. The van der Waals surface area contributed by atoms with Gasteiger partial charge in [-0.25, -0.2) is 0 Å². The molecular formula is C18H22O7S. The number of hydrogen-bond donors (Lipinski definition) is 0. The van der Waals surface area contributed by atoms with Gasteiger partial charge >= 0.3 is 17.9 Å². The largest absolute Gasteiger partial charge is 0.456 e. The minimum absolute atomic E-state index is 0.543. The molecule has 1 heterocycles. The summed E-state index contributed by atoms with van der Waals surface area (Å²) in [4.78, 5) is 35.6. The fourth-order valence-corrected chi connectivity index (χ4v) is 3.86. The molecule has 2 unspecified atom stereocenters. The molecule has 1 aromatic carbocycles. The Bertz CT molecular complexity index is 648. The van der Waals surface area contributed by atoms with E-state index in [4.69, 9.17) is 18.9 Å². The molecule has 1 aliphatic heterocycles. The molecule has 0 saturated carbocycles. The van der Waals surface area contributed by atoms with Gasteiger partial charge in [-0.3, -0.25) is 14.4 Å². The van der Waals surface area contributed by atoms with Gasteiger partial charge in [0.2, 0.25) is 0 Å². The van der Waals surface area contributed by atoms with E-state index in [9.17, 15) is 14.4 Å². The van der Waals surface area contributed by atoms with Gasteiger partial charge < -0.3 is 18.9 Å². The van der Waals surface area contributed by atoms with Crippen LogP contribution in [-0.2, 0) is 33.3 Å². The van der Waals surface area contributed by atoms with Gasteiger partial charge in [-0.1, -0.05) is 30.0 Å². The topological polar surface area (TPSA) is 88.1 Å². The van der Waals surface area contributed by atoms with Crippen LogP contribution in [-0.4, -0.2) is 47.8 Å². The molecule has 1 aliphatic rings. The van der Waals surface area contributed by atoms with E-state index >= 15 is 0 Å². The summed E-state index contributed by atoms with van der Waals surface area (Å²) in [6, 6.07) is 9.42. The van der Waals surface area contributed by atoms with Crippen LogP contribution >= 0.6 is 11.8 Å². The number of carbonyl (C=O) groups excluding carboxylic acids is 3. The van der Waals surface area contributed by atoms with Crippen LogP contribution in [0.4, 0.5) is 0 Å². The molecule has 142 valence electrons. The first-order valence-electron chi connectivity index (χ1n) is 8.16. The highest BCUT2D eigenvalue weighted by atomic mass is 32.2. The lowest BCUT2D eigenvalue weighted by molar-refractivity contribution is -0.229. The Labute approximate surface area is 156 Å². The van der Waals surface area contributed by atoms with Crippen molar-refractivity contribution in [1.29, 1.82) is 0 Å². The molecule has 0 amide bonds. The maximum Gasteiger partial charge on any atom is 0.303 e. The summed E-state index contributed by atoms with van der Waals surface area (Å²) < 4.78 is 22.0. The van der Waals surface area contributed by atoms with Gasteiger partial charge in [-0.05, 0) is 19.1 Å². The van der Waals surface area contributed by atoms with Crippen molar-refractivity contribution in [2.45, 2.75) is 62.4 Å². The van der Waals surface area contributed by atoms with Crippen molar-refractivity contribution in [2.24, 2.45) is 0 Å². The molecule has 1 fully saturated rings. The zero-order valence-corrected chi connectivity index (χ0v) is 15.9. The predicted molar refractivity (Wildman–Crippen MR) is 93.3 cm³/mol. The monoisotopic (exact) mass is 382 g/mol. The van der Waals surface area contributed by atoms with E-state index in [-0.39, 0.29) is 0 Å². The number of carbonyl (C=O) groups is 3. The van der Waals surface area contributed by atoms with Crippen LogP contribution in [0.5, 0.6) is 0 Å². The van der Waals surface area contributed by atoms with Gasteiger partial charge in [-0.15, -0.1) is 0 Å². The zero-order chi connectivity index (χ0) is 19.3. The molecule has 0 N–H and O–H groups in total. The summed E-state index contributed by atoms with van der Waals surface area (Å²) >= 11 is 1.34. The summed E-state index contributed by atoms with van der Waals surface area (Å²) in [5.41, 5.74) is -0.632. The van der Waals surface area contributed by atoms with Crippen LogP contribution in [0.1, 0.15) is 27.7 Å². The number of esters is 3. The third-order valence-corrected chi connectivity index (χ3v) is 4.78. The SMILES string of the molecule is CC(=O)OC1[C@@H](Sc2ccccc2)OC(C)[C@H](OC(C)=O)[C@@H]1OC(C)=O. The van der Waals surface area contributed by atoms with Crippen molar-refractivity contribution in [3.8, 4) is 0 Å². The first-order valence-corrected chi connectivity index (χ1v) is 9.04. The summed E-state index contributed by atoms with van der Waals surface area (Å²) in [5, 5.41) is 0. The number of ether oxygens (including phenoxy) is 4. The Morgan fingerprint density at radius 2 is 1.35 bits per heavy atom. The molecule has 0 aliphatic carbocycles. The van der Waals surface area contributed by atoms with E-state index in [0.29, 0.717) is 0 Å². The summed E-state index contributed by atoms with van der Waals surface area (Å²) in [5.74, 6) is -1.66. The van der Waals surface area contributed by atoms with Crippen LogP contribution in [0.3, 0.4) is 0 Å². The lowest BCUT2D eigenvalue weighted by atomic mass is 10.00. The normalized spacial score (nSPS) is 28.1. The highest BCUT2D eigenvalue weighted by molar-refractivity contribution is 7.99. The quantitative estimate of drug-likeness (QED) is 0.566. The molecule has 26 heavy (non-hydrogen) atoms. The van der Waals surface area contributed by atoms with Crippen molar-refractivity contribution < 1.29 is 33.3 Å². The van der Waals surface area contributed by atoms with Crippen molar-refractivity contribution in [3.63, 3.8) is 0 Å². The number of thioether (sulfide) groups is 1. The Kier molecular flexibility index (Phi) is 7.05. The summed E-state index contributed by atoms with van der Waals surface area (Å²) in [6.45, 7) is 5.47. The third kappa shape index (κ3) is 5.47. The van der Waals surface area contributed by atoms with Crippen LogP contribution in [0, 0.1) is 0 Å². The molecule has 8 heteroatoms. The lowest BCUT2D eigenvalue weighted by Crippen LogP contribution is -2.59. The molecule has 1 saturated heterocycles. The molecule has 7 nitrogen and oxygen atoms in total. The van der Waals surface area contributed by atoms with Gasteiger partial charge in [0.25, 0.3) is 0 Å². The maximum absolute atomic E-state index is 11.6. The Morgan fingerprint density at radius 1 is 0.846 bits per heavy atom. The minimum atomic E-state index is -0.967. The Morgan fingerprint density at radius 3 is 1.88 bits per heavy atom. The second-order valence-corrected chi connectivity index (χ2v) is 7.03. The van der Waals surface area contributed by atoms with Gasteiger partial charge in [0.15, 0.2) is 18.3 Å². The fraction of sp³-hybridized carbons (Fsp3) is 0.500. The van der Waals surface area contributed by atoms with E-state index in [1.165, 1.54) is 32.5 Å². The highest BCUT2D eigenvalue weighted by Crippen LogP contribution is 2.37. The molecule has 2 rings (SSSR count). The molecule has 0 bridgehead atoms. The third-order valence-electron chi connectivity index (χ3n) is 3.63. The smallest absolute Gasteiger partial charge is 0.303 e. The maximum atomic E-state index is 11.6. The first-order chi connectivity index (χ1) is 12.3. The molecular weight excluding hydrogens is 360 g/mol. The van der Waals surface area contributed by atoms with Crippen LogP contribution in [0.2, 0.25) is 0 Å². The second-order valence-electron chi connectivity index (χ2n) is 5.86. The Hall–Kier alpha value is -2.06. The predicted octanol–water partition coefficient (Wildman–Crippen LogP) is 2.32. The van der Waals surface area contributed by atoms with Gasteiger partial charge in [0.05, 0.1) is 6.10 Å². The average molecular weight is 382 g/mol. The number of benzene rings is 1. The van der Waals surface area contributed by atoms with Crippen LogP contribution in [0.15, 0.2) is 35.2 Å². The van der Waals surface area contributed by atoms with E-state index in [0.717, 1.165) is 4.90 Å². The summed E-state index contributed by atoms with van der Waals surface area (Å²) in [6.07, 6.45) is -3.34. The molecule has 1 aromatic rings. The second kappa shape index (κ2) is 9.05. The van der Waals surface area contributed by atoms with Crippen molar-refractivity contribution in [1.82, 2.24) is 0 Å². The molecule has 0 spiro atoms. The molecule has 0 radical (unpaired) electrons. The van der Waals surface area contributed by atoms with Gasteiger partial charge in [-0.2, -0.15) is 0 Å². The van der Waals surface area contributed by atoms with E-state index in [1.807, 2.05) is 30.3 Å². The first kappa shape index (κ1) is 20.3. The van der Waals surface area contributed by atoms with Crippen molar-refractivity contribution in [3.05, 3.63) is 30.3 Å².